The summed E-state index contributed by atoms with van der Waals surface area (Å²) in [6.07, 6.45) is -4.96. The minimum atomic E-state index is -4.96. The summed E-state index contributed by atoms with van der Waals surface area (Å²) in [7, 11) is 5.27. The Labute approximate surface area is 125 Å². The van der Waals surface area contributed by atoms with Crippen molar-refractivity contribution in [2.24, 2.45) is 0 Å². The summed E-state index contributed by atoms with van der Waals surface area (Å²) in [5, 5.41) is 1.71. The number of anilines is 1. The van der Waals surface area contributed by atoms with Gasteiger partial charge >= 0.3 is 12.1 Å². The minimum absolute atomic E-state index is 0.0822. The molecule has 1 N–H and O–H groups in total. The average Bonchev–Trinajstić information content (AvgIpc) is 2.23. The Hall–Kier alpha value is -0.120. The Balaban J connectivity index is 3.02. The van der Waals surface area contributed by atoms with Crippen LogP contribution in [-0.2, 0) is 4.79 Å². The summed E-state index contributed by atoms with van der Waals surface area (Å²) in [6, 6.07) is 2.63. The lowest BCUT2D eigenvalue weighted by Gasteiger charge is -2.12. The van der Waals surface area contributed by atoms with E-state index < -0.39 is 12.1 Å². The third-order valence-electron chi connectivity index (χ3n) is 1.65. The van der Waals surface area contributed by atoms with Crippen LogP contribution in [0.15, 0.2) is 21.1 Å². The number of amides is 1. The molecule has 0 aliphatic carbocycles. The minimum Gasteiger partial charge on any atom is -0.408 e. The molecule has 0 unspecified atom stereocenters. The highest BCUT2D eigenvalue weighted by Gasteiger charge is 2.39. The van der Waals surface area contributed by atoms with Crippen LogP contribution in [0.5, 0.6) is 5.75 Å². The van der Waals surface area contributed by atoms with E-state index in [1.165, 1.54) is 12.1 Å². The summed E-state index contributed by atoms with van der Waals surface area (Å²) in [6.45, 7) is 0. The predicted octanol–water partition coefficient (Wildman–Crippen LogP) is 4.89. The first-order valence-corrected chi connectivity index (χ1v) is 7.23. The van der Waals surface area contributed by atoms with Gasteiger partial charge in [0.1, 0.15) is 0 Å². The maximum absolute atomic E-state index is 12.1. The molecule has 1 amide bonds. The maximum atomic E-state index is 12.1. The molecule has 1 rings (SSSR count). The van der Waals surface area contributed by atoms with E-state index in [0.29, 0.717) is 15.7 Å². The molecule has 100 valence electrons. The van der Waals surface area contributed by atoms with Crippen molar-refractivity contribution in [2.45, 2.75) is 6.18 Å². The highest BCUT2D eigenvalue weighted by molar-refractivity contribution is 9.11. The van der Waals surface area contributed by atoms with E-state index >= 15 is 0 Å². The van der Waals surface area contributed by atoms with Crippen LogP contribution >= 0.6 is 53.8 Å². The number of alkyl halides is 3. The van der Waals surface area contributed by atoms with Gasteiger partial charge in [-0.2, -0.15) is 13.2 Å². The molecule has 0 heterocycles. The van der Waals surface area contributed by atoms with Gasteiger partial charge in [-0.1, -0.05) is 0 Å². The number of rotatable bonds is 3. The predicted molar refractivity (Wildman–Crippen MR) is 70.6 cm³/mol. The summed E-state index contributed by atoms with van der Waals surface area (Å²) in [4.78, 5) is 10.8. The standard InChI is InChI=1S/C8H3Br2ClF3NO2S/c9-3-1-4(10)6(17-18-11)2-5(3)15-7(16)8(12,13)14/h1-2H,(H,15,16). The van der Waals surface area contributed by atoms with Gasteiger partial charge in [-0.15, -0.1) is 0 Å². The molecule has 0 saturated carbocycles. The molecule has 0 bridgehead atoms. The van der Waals surface area contributed by atoms with Crippen LogP contribution in [0.1, 0.15) is 0 Å². The van der Waals surface area contributed by atoms with Gasteiger partial charge in [0, 0.05) is 21.2 Å². The zero-order chi connectivity index (χ0) is 13.9. The van der Waals surface area contributed by atoms with Gasteiger partial charge in [0.05, 0.1) is 10.2 Å². The summed E-state index contributed by atoms with van der Waals surface area (Å²) >= 11 is 6.65. The Morgan fingerprint density at radius 3 is 2.44 bits per heavy atom. The van der Waals surface area contributed by atoms with Gasteiger partial charge < -0.3 is 9.50 Å². The van der Waals surface area contributed by atoms with Crippen molar-refractivity contribution in [3.05, 3.63) is 21.1 Å². The second-order valence-corrected chi connectivity index (χ2v) is 5.24. The third kappa shape index (κ3) is 4.22. The van der Waals surface area contributed by atoms with E-state index in [2.05, 4.69) is 31.9 Å². The van der Waals surface area contributed by atoms with E-state index in [-0.39, 0.29) is 15.9 Å². The summed E-state index contributed by atoms with van der Waals surface area (Å²) in [5.74, 6) is -1.90. The molecule has 0 aliphatic rings. The molecule has 1 aromatic rings. The number of nitrogens with one attached hydrogen (secondary N) is 1. The van der Waals surface area contributed by atoms with E-state index in [1.54, 1.807) is 5.32 Å². The number of halogens is 6. The Morgan fingerprint density at radius 2 is 1.94 bits per heavy atom. The lowest BCUT2D eigenvalue weighted by molar-refractivity contribution is -0.167. The molecule has 0 radical (unpaired) electrons. The number of hydrogen-bond donors (Lipinski definition) is 1. The van der Waals surface area contributed by atoms with Crippen molar-refractivity contribution in [1.29, 1.82) is 0 Å². The van der Waals surface area contributed by atoms with E-state index in [0.717, 1.165) is 0 Å². The molecular formula is C8H3Br2ClF3NO2S. The van der Waals surface area contributed by atoms with Crippen molar-refractivity contribution in [2.75, 3.05) is 5.32 Å². The summed E-state index contributed by atoms with van der Waals surface area (Å²) in [5.41, 5.74) is -0.0822. The highest BCUT2D eigenvalue weighted by Crippen LogP contribution is 2.37. The Bertz CT molecular complexity index is 472. The topological polar surface area (TPSA) is 38.3 Å². The van der Waals surface area contributed by atoms with Crippen LogP contribution in [0.2, 0.25) is 0 Å². The van der Waals surface area contributed by atoms with Crippen molar-refractivity contribution in [3.63, 3.8) is 0 Å². The van der Waals surface area contributed by atoms with Crippen molar-refractivity contribution < 1.29 is 22.1 Å². The van der Waals surface area contributed by atoms with Crippen molar-refractivity contribution >= 4 is 65.4 Å². The van der Waals surface area contributed by atoms with Gasteiger partial charge in [-0.25, -0.2) is 0 Å². The van der Waals surface area contributed by atoms with Crippen molar-refractivity contribution in [1.82, 2.24) is 0 Å². The summed E-state index contributed by atoms with van der Waals surface area (Å²) < 4.78 is 41.9. The second kappa shape index (κ2) is 6.36. The van der Waals surface area contributed by atoms with Gasteiger partial charge in [0.25, 0.3) is 0 Å². The smallest absolute Gasteiger partial charge is 0.408 e. The van der Waals surface area contributed by atoms with E-state index in [4.69, 9.17) is 14.9 Å². The average molecular weight is 429 g/mol. The van der Waals surface area contributed by atoms with E-state index in [9.17, 15) is 18.0 Å². The van der Waals surface area contributed by atoms with Crippen LogP contribution in [-0.4, -0.2) is 12.1 Å². The largest absolute Gasteiger partial charge is 0.471 e. The molecule has 0 saturated heterocycles. The van der Waals surface area contributed by atoms with Crippen molar-refractivity contribution in [3.8, 4) is 5.75 Å². The first-order chi connectivity index (χ1) is 8.25. The second-order valence-electron chi connectivity index (χ2n) is 2.86. The molecule has 1 aromatic carbocycles. The zero-order valence-electron chi connectivity index (χ0n) is 8.15. The van der Waals surface area contributed by atoms with Crippen LogP contribution in [0, 0.1) is 0 Å². The third-order valence-corrected chi connectivity index (χ3v) is 3.36. The number of hydrogen-bond acceptors (Lipinski definition) is 3. The Morgan fingerprint density at radius 1 is 1.33 bits per heavy atom. The lowest BCUT2D eigenvalue weighted by Crippen LogP contribution is -2.30. The first kappa shape index (κ1) is 15.9. The molecule has 0 atom stereocenters. The quantitative estimate of drug-likeness (QED) is 0.695. The zero-order valence-corrected chi connectivity index (χ0v) is 12.9. The van der Waals surface area contributed by atoms with Crippen LogP contribution in [0.25, 0.3) is 0 Å². The van der Waals surface area contributed by atoms with Gasteiger partial charge in [0.15, 0.2) is 17.0 Å². The van der Waals surface area contributed by atoms with Crippen LogP contribution in [0.4, 0.5) is 18.9 Å². The molecule has 0 aliphatic heterocycles. The van der Waals surface area contributed by atoms with Gasteiger partial charge in [-0.3, -0.25) is 4.79 Å². The number of benzene rings is 1. The fourth-order valence-corrected chi connectivity index (χ4v) is 2.61. The number of carbonyl (C=O) groups excluding carboxylic acids is 1. The molecule has 3 nitrogen and oxygen atoms in total. The van der Waals surface area contributed by atoms with Crippen LogP contribution < -0.4 is 9.50 Å². The molecule has 0 spiro atoms. The van der Waals surface area contributed by atoms with E-state index in [1.807, 2.05) is 0 Å². The normalized spacial score (nSPS) is 11.2. The molecule has 0 fully saturated rings. The Kier molecular flexibility index (Phi) is 5.63. The first-order valence-electron chi connectivity index (χ1n) is 4.08. The molecule has 0 aromatic heterocycles. The number of carbonyl (C=O) groups is 1. The highest BCUT2D eigenvalue weighted by atomic mass is 79.9. The monoisotopic (exact) mass is 427 g/mol. The lowest BCUT2D eigenvalue weighted by atomic mass is 10.3. The molecule has 18 heavy (non-hydrogen) atoms. The fourth-order valence-electron chi connectivity index (χ4n) is 0.916. The SMILES string of the molecule is O=C(Nc1cc(OSCl)c(Br)cc1Br)C(F)(F)F. The molecule has 10 heteroatoms. The van der Waals surface area contributed by atoms with Gasteiger partial charge in [0.2, 0.25) is 0 Å². The fraction of sp³-hybridized carbons (Fsp3) is 0.125. The molecular weight excluding hydrogens is 426 g/mol. The maximum Gasteiger partial charge on any atom is 0.471 e. The van der Waals surface area contributed by atoms with Crippen LogP contribution in [0.3, 0.4) is 0 Å². The van der Waals surface area contributed by atoms with Gasteiger partial charge in [-0.05, 0) is 37.9 Å².